The van der Waals surface area contributed by atoms with E-state index in [1.165, 1.54) is 29.3 Å². The number of carbonyl (C=O) groups is 1. The Morgan fingerprint density at radius 2 is 2.00 bits per heavy atom. The SMILES string of the molecule is [2H]C([2H])(c1c[nH]c2ccc(C#N)cc12)C([2H])([2H])C([2H])([2H])C([2H])([2H])N1CCN(c2ccc3oc(C(N)=O)cc3c2)CC1. The average Bonchev–Trinajstić information content (AvgIpc) is 3.56. The molecule has 2 aromatic carbocycles. The van der Waals surface area contributed by atoms with Gasteiger partial charge in [0.1, 0.15) is 5.58 Å². The van der Waals surface area contributed by atoms with E-state index in [2.05, 4.69) is 4.98 Å². The lowest BCUT2D eigenvalue weighted by Gasteiger charge is -2.36. The highest BCUT2D eigenvalue weighted by molar-refractivity contribution is 5.95. The number of nitrogens with zero attached hydrogens (tertiary/aromatic N) is 3. The molecule has 0 aliphatic carbocycles. The molecule has 5 rings (SSSR count). The maximum Gasteiger partial charge on any atom is 0.284 e. The summed E-state index contributed by atoms with van der Waals surface area (Å²) in [5.74, 6) is -0.654. The zero-order chi connectivity index (χ0) is 30.0. The number of anilines is 1. The van der Waals surface area contributed by atoms with Gasteiger partial charge in [-0.25, -0.2) is 0 Å². The van der Waals surface area contributed by atoms with Crippen molar-refractivity contribution in [2.45, 2.75) is 19.1 Å². The van der Waals surface area contributed by atoms with Gasteiger partial charge in [-0.2, -0.15) is 5.26 Å². The van der Waals surface area contributed by atoms with Gasteiger partial charge in [-0.1, -0.05) is 0 Å². The van der Waals surface area contributed by atoms with E-state index in [0.717, 1.165) is 5.69 Å². The number of nitrogens with two attached hydrogens (primary N) is 1. The lowest BCUT2D eigenvalue weighted by atomic mass is 10.1. The molecule has 1 fully saturated rings. The van der Waals surface area contributed by atoms with Crippen LogP contribution in [0.3, 0.4) is 0 Å². The van der Waals surface area contributed by atoms with E-state index < -0.39 is 31.5 Å². The third-order valence-electron chi connectivity index (χ3n) is 5.67. The van der Waals surface area contributed by atoms with Crippen molar-refractivity contribution in [2.75, 3.05) is 37.6 Å². The van der Waals surface area contributed by atoms with Crippen LogP contribution < -0.4 is 10.6 Å². The van der Waals surface area contributed by atoms with Crippen LogP contribution in [0.5, 0.6) is 0 Å². The second kappa shape index (κ2) is 9.00. The normalized spacial score (nSPS) is 20.0. The first-order chi connectivity index (χ1) is 19.1. The van der Waals surface area contributed by atoms with Crippen LogP contribution in [0, 0.1) is 11.3 Å². The first kappa shape index (κ1) is 13.7. The number of hydrogen-bond donors (Lipinski definition) is 2. The Hall–Kier alpha value is -3.76. The lowest BCUT2D eigenvalue weighted by molar-refractivity contribution is 0.0976. The second-order valence-corrected chi connectivity index (χ2v) is 7.73. The molecule has 1 aliphatic rings. The first-order valence-electron chi connectivity index (χ1n) is 14.5. The van der Waals surface area contributed by atoms with Gasteiger partial charge in [0.25, 0.3) is 5.91 Å². The van der Waals surface area contributed by atoms with E-state index >= 15 is 0 Å². The number of primary amides is 1. The van der Waals surface area contributed by atoms with Gasteiger partial charge < -0.3 is 20.0 Å². The highest BCUT2D eigenvalue weighted by Crippen LogP contribution is 2.26. The Balaban J connectivity index is 1.38. The van der Waals surface area contributed by atoms with Crippen molar-refractivity contribution in [3.63, 3.8) is 0 Å². The van der Waals surface area contributed by atoms with Crippen molar-refractivity contribution in [2.24, 2.45) is 5.73 Å². The van der Waals surface area contributed by atoms with Crippen molar-refractivity contribution in [3.8, 4) is 6.07 Å². The number of amides is 1. The predicted octanol–water partition coefficient (Wildman–Crippen LogP) is 4.03. The van der Waals surface area contributed by atoms with Crippen LogP contribution >= 0.6 is 0 Å². The summed E-state index contributed by atoms with van der Waals surface area (Å²) in [4.78, 5) is 17.4. The molecule has 33 heavy (non-hydrogen) atoms. The van der Waals surface area contributed by atoms with Crippen molar-refractivity contribution < 1.29 is 20.2 Å². The van der Waals surface area contributed by atoms with E-state index in [4.69, 9.17) is 21.1 Å². The number of hydrogen-bond acceptors (Lipinski definition) is 5. The Kier molecular flexibility index (Phi) is 3.74. The number of piperazine rings is 1. The van der Waals surface area contributed by atoms with E-state index in [1.54, 1.807) is 24.3 Å². The number of carbonyl (C=O) groups excluding carboxylic acids is 1. The Bertz CT molecular complexity index is 1680. The number of rotatable bonds is 7. The molecule has 168 valence electrons. The van der Waals surface area contributed by atoms with Crippen LogP contribution in [0.25, 0.3) is 21.9 Å². The predicted molar refractivity (Wildman–Crippen MR) is 129 cm³/mol. The first-order valence-corrected chi connectivity index (χ1v) is 10.5. The smallest absolute Gasteiger partial charge is 0.284 e. The molecule has 1 aliphatic heterocycles. The molecule has 0 saturated carbocycles. The highest BCUT2D eigenvalue weighted by Gasteiger charge is 2.18. The molecule has 3 heterocycles. The number of H-pyrrole nitrogens is 1. The number of aromatic amines is 1. The van der Waals surface area contributed by atoms with Crippen LogP contribution in [0.4, 0.5) is 5.69 Å². The molecular weight excluding hydrogens is 414 g/mol. The number of furan rings is 1. The van der Waals surface area contributed by atoms with Gasteiger partial charge in [0, 0.05) is 65.3 Å². The van der Waals surface area contributed by atoms with E-state index in [0.29, 0.717) is 16.5 Å². The second-order valence-electron chi connectivity index (χ2n) is 7.73. The molecule has 0 radical (unpaired) electrons. The average molecular weight is 450 g/mol. The van der Waals surface area contributed by atoms with Gasteiger partial charge in [-0.15, -0.1) is 0 Å². The van der Waals surface area contributed by atoms with E-state index in [-0.39, 0.29) is 48.5 Å². The molecule has 7 heteroatoms. The molecule has 0 spiro atoms. The number of nitriles is 1. The molecule has 1 saturated heterocycles. The number of nitrogens with one attached hydrogen (secondary N) is 1. The largest absolute Gasteiger partial charge is 0.451 e. The van der Waals surface area contributed by atoms with Gasteiger partial charge >= 0.3 is 0 Å². The van der Waals surface area contributed by atoms with Crippen LogP contribution in [-0.4, -0.2) is 48.5 Å². The molecule has 7 nitrogen and oxygen atoms in total. The number of fused-ring (bicyclic) bond motifs is 2. The number of aromatic nitrogens is 1. The van der Waals surface area contributed by atoms with Crippen molar-refractivity contribution in [1.82, 2.24) is 9.88 Å². The number of benzene rings is 2. The van der Waals surface area contributed by atoms with Crippen molar-refractivity contribution >= 4 is 33.5 Å². The summed E-state index contributed by atoms with van der Waals surface area (Å²) in [6, 6.07) is 13.3. The molecule has 2 aromatic heterocycles. The van der Waals surface area contributed by atoms with Crippen LogP contribution in [0.1, 0.15) is 45.4 Å². The zero-order valence-electron chi connectivity index (χ0n) is 25.7. The molecular formula is C26H27N5O2. The zero-order valence-corrected chi connectivity index (χ0v) is 17.7. The summed E-state index contributed by atoms with van der Waals surface area (Å²) in [7, 11) is 0. The van der Waals surface area contributed by atoms with Gasteiger partial charge in [0.15, 0.2) is 5.76 Å². The van der Waals surface area contributed by atoms with Gasteiger partial charge in [-0.3, -0.25) is 9.69 Å². The lowest BCUT2D eigenvalue weighted by Crippen LogP contribution is -2.46. The Labute approximate surface area is 203 Å². The van der Waals surface area contributed by atoms with Gasteiger partial charge in [-0.05, 0) is 73.6 Å². The topological polar surface area (TPSA) is 102 Å². The molecule has 1 amide bonds. The summed E-state index contributed by atoms with van der Waals surface area (Å²) < 4.78 is 74.9. The monoisotopic (exact) mass is 449 g/mol. The van der Waals surface area contributed by atoms with E-state index in [9.17, 15) is 10.1 Å². The summed E-state index contributed by atoms with van der Waals surface area (Å²) >= 11 is 0. The minimum Gasteiger partial charge on any atom is -0.451 e. The van der Waals surface area contributed by atoms with Gasteiger partial charge in [0.05, 0.1) is 11.6 Å². The fraction of sp³-hybridized carbons (Fsp3) is 0.308. The summed E-state index contributed by atoms with van der Waals surface area (Å²) in [5.41, 5.74) is 7.03. The maximum absolute atomic E-state index is 11.4. The fourth-order valence-electron chi connectivity index (χ4n) is 3.92. The Morgan fingerprint density at radius 3 is 2.79 bits per heavy atom. The maximum atomic E-state index is 11.4. The van der Waals surface area contributed by atoms with Gasteiger partial charge in [0.2, 0.25) is 0 Å². The molecule has 0 unspecified atom stereocenters. The van der Waals surface area contributed by atoms with Crippen LogP contribution in [-0.2, 0) is 6.37 Å². The Morgan fingerprint density at radius 1 is 1.15 bits per heavy atom. The van der Waals surface area contributed by atoms with Crippen molar-refractivity contribution in [3.05, 3.63) is 65.5 Å². The van der Waals surface area contributed by atoms with E-state index in [1.807, 2.05) is 11.0 Å². The highest BCUT2D eigenvalue weighted by atomic mass is 16.3. The summed E-state index contributed by atoms with van der Waals surface area (Å²) in [6.45, 7) is -2.22. The van der Waals surface area contributed by atoms with Crippen LogP contribution in [0.15, 0.2) is 53.1 Å². The third kappa shape index (κ3) is 4.43. The quantitative estimate of drug-likeness (QED) is 0.443. The minimum atomic E-state index is -3.33. The fourth-order valence-corrected chi connectivity index (χ4v) is 3.92. The third-order valence-corrected chi connectivity index (χ3v) is 5.67. The standard InChI is InChI=1S/C26H27N5O2/c27-16-18-4-6-23-22(13-18)19(17-29-23)3-1-2-8-30-9-11-31(12-10-30)21-5-7-24-20(14-21)15-25(33-24)26(28)32/h4-7,13-15,17,29H,1-3,8-12H2,(H2,28,32)/i1D2,2D2,3D2,8D2. The molecule has 0 atom stereocenters. The summed E-state index contributed by atoms with van der Waals surface area (Å²) in [6.07, 6.45) is -8.37. The molecule has 4 aromatic rings. The molecule has 3 N–H and O–H groups in total. The number of aryl methyl sites for hydroxylation is 1. The van der Waals surface area contributed by atoms with Crippen LogP contribution in [0.2, 0.25) is 0 Å². The summed E-state index contributed by atoms with van der Waals surface area (Å²) in [5, 5.41) is 10.1. The minimum absolute atomic E-state index is 0.0321. The van der Waals surface area contributed by atoms with Crippen molar-refractivity contribution in [1.29, 1.82) is 5.26 Å². The molecule has 0 bridgehead atoms.